The number of hydrogen-bond donors (Lipinski definition) is 2. The van der Waals surface area contributed by atoms with Crippen molar-refractivity contribution in [3.8, 4) is 5.75 Å². The predicted octanol–water partition coefficient (Wildman–Crippen LogP) is 0.690. The summed E-state index contributed by atoms with van der Waals surface area (Å²) in [6, 6.07) is 3.42. The topological polar surface area (TPSA) is 139 Å². The molecule has 0 aliphatic carbocycles. The number of nitrogens with zero attached hydrogens (tertiary/aromatic N) is 2. The first-order valence-corrected chi connectivity index (χ1v) is 7.50. The van der Waals surface area contributed by atoms with Crippen LogP contribution < -0.4 is 15.0 Å². The first-order chi connectivity index (χ1) is 11.8. The molecular formula is C15H17N3O7. The molecule has 1 unspecified atom stereocenters. The Morgan fingerprint density at radius 3 is 2.84 bits per heavy atom. The number of nitro benzene ring substituents is 1. The molecule has 1 aliphatic rings. The molecule has 0 saturated heterocycles. The number of rotatable bonds is 7. The number of ether oxygens (including phenoxy) is 1. The maximum absolute atomic E-state index is 12.1. The predicted molar refractivity (Wildman–Crippen MR) is 85.4 cm³/mol. The fourth-order valence-electron chi connectivity index (χ4n) is 2.35. The summed E-state index contributed by atoms with van der Waals surface area (Å²) in [5.74, 6) is -1.69. The van der Waals surface area contributed by atoms with E-state index in [2.05, 4.69) is 5.32 Å². The molecule has 2 amide bonds. The Kier molecular flexibility index (Phi) is 5.52. The van der Waals surface area contributed by atoms with Gasteiger partial charge < -0.3 is 15.2 Å². The van der Waals surface area contributed by atoms with E-state index in [9.17, 15) is 24.5 Å². The first kappa shape index (κ1) is 18.2. The van der Waals surface area contributed by atoms with Gasteiger partial charge in [0.05, 0.1) is 10.6 Å². The fourth-order valence-corrected chi connectivity index (χ4v) is 2.35. The summed E-state index contributed by atoms with van der Waals surface area (Å²) in [5.41, 5.74) is -0.0731. The van der Waals surface area contributed by atoms with Crippen LogP contribution in [0.3, 0.4) is 0 Å². The lowest BCUT2D eigenvalue weighted by Crippen LogP contribution is -2.46. The first-order valence-electron chi connectivity index (χ1n) is 7.50. The van der Waals surface area contributed by atoms with Crippen molar-refractivity contribution in [2.75, 3.05) is 18.1 Å². The summed E-state index contributed by atoms with van der Waals surface area (Å²) in [4.78, 5) is 46.1. The van der Waals surface area contributed by atoms with Crippen molar-refractivity contribution < 1.29 is 29.2 Å². The van der Waals surface area contributed by atoms with E-state index in [1.807, 2.05) is 0 Å². The lowest BCUT2D eigenvalue weighted by Gasteiger charge is -2.29. The third-order valence-corrected chi connectivity index (χ3v) is 3.60. The molecule has 1 aromatic rings. The van der Waals surface area contributed by atoms with Crippen molar-refractivity contribution in [2.24, 2.45) is 0 Å². The molecule has 0 radical (unpaired) electrons. The maximum atomic E-state index is 12.1. The highest BCUT2D eigenvalue weighted by molar-refractivity contribution is 6.02. The van der Waals surface area contributed by atoms with Gasteiger partial charge in [0, 0.05) is 24.6 Å². The third kappa shape index (κ3) is 4.66. The molecule has 1 heterocycles. The van der Waals surface area contributed by atoms with Crippen LogP contribution in [0.25, 0.3) is 0 Å². The Morgan fingerprint density at radius 1 is 1.48 bits per heavy atom. The molecule has 0 aromatic heterocycles. The summed E-state index contributed by atoms with van der Waals surface area (Å²) in [5, 5.41) is 22.1. The zero-order valence-electron chi connectivity index (χ0n) is 13.4. The SMILES string of the molecule is CC(CCC(=O)O)NC(=O)CN1C(=O)COc2ccc([N+](=O)[O-])cc21. The van der Waals surface area contributed by atoms with Gasteiger partial charge in [-0.05, 0) is 19.4 Å². The number of carboxylic acid groups (broad SMARTS) is 1. The van der Waals surface area contributed by atoms with Crippen molar-refractivity contribution in [3.05, 3.63) is 28.3 Å². The van der Waals surface area contributed by atoms with E-state index in [-0.39, 0.29) is 49.2 Å². The standard InChI is InChI=1S/C15H17N3O7/c1-9(2-5-15(21)22)16-13(19)7-17-11-6-10(18(23)24)3-4-12(11)25-8-14(17)20/h3-4,6,9H,2,5,7-8H2,1H3,(H,16,19)(H,21,22). The molecule has 0 bridgehead atoms. The third-order valence-electron chi connectivity index (χ3n) is 3.60. The second kappa shape index (κ2) is 7.60. The van der Waals surface area contributed by atoms with Gasteiger partial charge in [-0.2, -0.15) is 0 Å². The van der Waals surface area contributed by atoms with Gasteiger partial charge in [0.25, 0.3) is 11.6 Å². The summed E-state index contributed by atoms with van der Waals surface area (Å²) in [6.07, 6.45) is 0.160. The Morgan fingerprint density at radius 2 is 2.20 bits per heavy atom. The Hall–Kier alpha value is -3.17. The van der Waals surface area contributed by atoms with Gasteiger partial charge in [0.2, 0.25) is 5.91 Å². The number of carbonyl (C=O) groups is 3. The van der Waals surface area contributed by atoms with E-state index in [4.69, 9.17) is 9.84 Å². The number of non-ortho nitro benzene ring substituents is 1. The highest BCUT2D eigenvalue weighted by Gasteiger charge is 2.29. The van der Waals surface area contributed by atoms with E-state index in [0.717, 1.165) is 4.90 Å². The molecule has 10 heteroatoms. The molecule has 0 spiro atoms. The molecule has 134 valence electrons. The molecule has 25 heavy (non-hydrogen) atoms. The zero-order valence-corrected chi connectivity index (χ0v) is 13.4. The number of fused-ring (bicyclic) bond motifs is 1. The van der Waals surface area contributed by atoms with Crippen LogP contribution >= 0.6 is 0 Å². The number of carbonyl (C=O) groups excluding carboxylic acids is 2. The molecule has 2 rings (SSSR count). The summed E-state index contributed by atoms with van der Waals surface area (Å²) in [7, 11) is 0. The number of nitrogens with one attached hydrogen (secondary N) is 1. The number of amides is 2. The van der Waals surface area contributed by atoms with Crippen LogP contribution in [-0.2, 0) is 14.4 Å². The van der Waals surface area contributed by atoms with Crippen LogP contribution in [0.2, 0.25) is 0 Å². The molecular weight excluding hydrogens is 334 g/mol. The van der Waals surface area contributed by atoms with Gasteiger partial charge in [-0.25, -0.2) is 0 Å². The normalized spacial score (nSPS) is 14.3. The molecule has 1 aliphatic heterocycles. The van der Waals surface area contributed by atoms with Crippen LogP contribution in [-0.4, -0.2) is 47.0 Å². The molecule has 1 aromatic carbocycles. The highest BCUT2D eigenvalue weighted by Crippen LogP contribution is 2.35. The van der Waals surface area contributed by atoms with E-state index < -0.39 is 22.7 Å². The molecule has 1 atom stereocenters. The zero-order chi connectivity index (χ0) is 18.6. The van der Waals surface area contributed by atoms with Crippen molar-refractivity contribution in [2.45, 2.75) is 25.8 Å². The summed E-state index contributed by atoms with van der Waals surface area (Å²) in [6.45, 7) is 1.04. The summed E-state index contributed by atoms with van der Waals surface area (Å²) >= 11 is 0. The number of hydrogen-bond acceptors (Lipinski definition) is 6. The summed E-state index contributed by atoms with van der Waals surface area (Å²) < 4.78 is 5.22. The average Bonchev–Trinajstić information content (AvgIpc) is 2.55. The lowest BCUT2D eigenvalue weighted by atomic mass is 10.2. The van der Waals surface area contributed by atoms with Gasteiger partial charge in [-0.3, -0.25) is 29.4 Å². The quantitative estimate of drug-likeness (QED) is 0.544. The molecule has 0 fully saturated rings. The Labute approximate surface area is 142 Å². The molecule has 0 saturated carbocycles. The minimum Gasteiger partial charge on any atom is -0.482 e. The van der Waals surface area contributed by atoms with Crippen LogP contribution in [0.15, 0.2) is 18.2 Å². The number of aliphatic carboxylic acids is 1. The number of carboxylic acids is 1. The second-order valence-electron chi connectivity index (χ2n) is 5.58. The van der Waals surface area contributed by atoms with Crippen molar-refractivity contribution in [1.29, 1.82) is 0 Å². The number of nitro groups is 1. The molecule has 2 N–H and O–H groups in total. The average molecular weight is 351 g/mol. The van der Waals surface area contributed by atoms with Crippen LogP contribution in [0, 0.1) is 10.1 Å². The van der Waals surface area contributed by atoms with E-state index in [1.165, 1.54) is 18.2 Å². The van der Waals surface area contributed by atoms with Crippen molar-refractivity contribution >= 4 is 29.2 Å². The van der Waals surface area contributed by atoms with Gasteiger partial charge in [0.1, 0.15) is 12.3 Å². The van der Waals surface area contributed by atoms with Gasteiger partial charge in [0.15, 0.2) is 6.61 Å². The van der Waals surface area contributed by atoms with Crippen molar-refractivity contribution in [3.63, 3.8) is 0 Å². The van der Waals surface area contributed by atoms with Crippen LogP contribution in [0.1, 0.15) is 19.8 Å². The van der Waals surface area contributed by atoms with Gasteiger partial charge in [-0.1, -0.05) is 0 Å². The highest BCUT2D eigenvalue weighted by atomic mass is 16.6. The number of anilines is 1. The van der Waals surface area contributed by atoms with Crippen molar-refractivity contribution in [1.82, 2.24) is 5.32 Å². The minimum absolute atomic E-state index is 0.0903. The second-order valence-corrected chi connectivity index (χ2v) is 5.58. The van der Waals surface area contributed by atoms with E-state index in [1.54, 1.807) is 6.92 Å². The maximum Gasteiger partial charge on any atom is 0.303 e. The Balaban J connectivity index is 2.10. The molecule has 10 nitrogen and oxygen atoms in total. The fraction of sp³-hybridized carbons (Fsp3) is 0.400. The monoisotopic (exact) mass is 351 g/mol. The largest absolute Gasteiger partial charge is 0.482 e. The van der Waals surface area contributed by atoms with E-state index >= 15 is 0 Å². The van der Waals surface area contributed by atoms with Crippen LogP contribution in [0.4, 0.5) is 11.4 Å². The van der Waals surface area contributed by atoms with Gasteiger partial charge in [-0.15, -0.1) is 0 Å². The van der Waals surface area contributed by atoms with Gasteiger partial charge >= 0.3 is 5.97 Å². The lowest BCUT2D eigenvalue weighted by molar-refractivity contribution is -0.384. The number of benzene rings is 1. The van der Waals surface area contributed by atoms with E-state index in [0.29, 0.717) is 0 Å². The minimum atomic E-state index is -0.967. The smallest absolute Gasteiger partial charge is 0.303 e. The Bertz CT molecular complexity index is 719. The van der Waals surface area contributed by atoms with Crippen LogP contribution in [0.5, 0.6) is 5.75 Å².